The van der Waals surface area contributed by atoms with Crippen molar-refractivity contribution < 1.29 is 28.6 Å². The van der Waals surface area contributed by atoms with Gasteiger partial charge in [0.1, 0.15) is 13.2 Å². The molecule has 0 heterocycles. The quantitative estimate of drug-likeness (QED) is 0.0261. The van der Waals surface area contributed by atoms with Crippen LogP contribution in [-0.4, -0.2) is 37.2 Å². The molecule has 0 rings (SSSR count). The fourth-order valence-electron chi connectivity index (χ4n) is 10.7. The van der Waals surface area contributed by atoms with Crippen LogP contribution in [0.4, 0.5) is 0 Å². The lowest BCUT2D eigenvalue weighted by Crippen LogP contribution is -2.30. The summed E-state index contributed by atoms with van der Waals surface area (Å²) < 4.78 is 17.0. The number of allylic oxidation sites excluding steroid dienone is 4. The van der Waals surface area contributed by atoms with Crippen LogP contribution >= 0.6 is 0 Å². The first kappa shape index (κ1) is 74.9. The van der Waals surface area contributed by atoms with E-state index in [1.165, 1.54) is 289 Å². The smallest absolute Gasteiger partial charge is 0.306 e. The molecule has 0 aliphatic heterocycles. The van der Waals surface area contributed by atoms with E-state index in [-0.39, 0.29) is 31.1 Å². The van der Waals surface area contributed by atoms with Gasteiger partial charge in [-0.3, -0.25) is 14.4 Å². The third-order valence-electron chi connectivity index (χ3n) is 16.0. The second-order valence-electron chi connectivity index (χ2n) is 23.8. The number of rotatable bonds is 65. The van der Waals surface area contributed by atoms with Gasteiger partial charge in [-0.2, -0.15) is 0 Å². The van der Waals surface area contributed by atoms with Crippen LogP contribution in [0, 0.1) is 0 Å². The van der Waals surface area contributed by atoms with Crippen LogP contribution in [0.15, 0.2) is 24.3 Å². The van der Waals surface area contributed by atoms with Crippen molar-refractivity contribution in [2.45, 2.75) is 399 Å². The molecule has 0 aliphatic carbocycles. The number of carbonyl (C=O) groups is 3. The molecule has 1 unspecified atom stereocenters. The monoisotopic (exact) mass is 1080 g/mol. The predicted molar refractivity (Wildman–Crippen MR) is 335 cm³/mol. The maximum atomic E-state index is 12.9. The number of hydrogen-bond donors (Lipinski definition) is 0. The Hall–Kier alpha value is -2.11. The number of unbranched alkanes of at least 4 members (excludes halogenated alkanes) is 50. The van der Waals surface area contributed by atoms with Gasteiger partial charge < -0.3 is 14.2 Å². The Bertz CT molecular complexity index is 1240. The molecule has 0 amide bonds. The Morgan fingerprint density at radius 3 is 0.714 bits per heavy atom. The van der Waals surface area contributed by atoms with Gasteiger partial charge in [0, 0.05) is 19.3 Å². The lowest BCUT2D eigenvalue weighted by atomic mass is 10.0. The number of carbonyl (C=O) groups excluding carboxylic acids is 3. The molecule has 0 radical (unpaired) electrons. The largest absolute Gasteiger partial charge is 0.462 e. The van der Waals surface area contributed by atoms with Gasteiger partial charge in [-0.05, 0) is 51.4 Å². The average molecular weight is 1080 g/mol. The summed E-state index contributed by atoms with van der Waals surface area (Å²) in [6.45, 7) is 6.71. The van der Waals surface area contributed by atoms with Gasteiger partial charge in [0.25, 0.3) is 0 Å². The summed E-state index contributed by atoms with van der Waals surface area (Å²) in [4.78, 5) is 38.4. The fourth-order valence-corrected chi connectivity index (χ4v) is 10.7. The molecule has 0 aromatic heterocycles. The molecule has 0 aromatic rings. The third kappa shape index (κ3) is 64.6. The average Bonchev–Trinajstić information content (AvgIpc) is 3.43. The summed E-state index contributed by atoms with van der Waals surface area (Å²) in [6.07, 6.45) is 80.6. The summed E-state index contributed by atoms with van der Waals surface area (Å²) in [6, 6.07) is 0. The van der Waals surface area contributed by atoms with E-state index in [0.29, 0.717) is 19.3 Å². The molecule has 454 valence electrons. The Balaban J connectivity index is 4.25. The van der Waals surface area contributed by atoms with Crippen LogP contribution in [0.1, 0.15) is 393 Å². The van der Waals surface area contributed by atoms with Crippen LogP contribution < -0.4 is 0 Å². The van der Waals surface area contributed by atoms with E-state index < -0.39 is 6.10 Å². The Labute approximate surface area is 481 Å². The van der Waals surface area contributed by atoms with E-state index in [9.17, 15) is 14.4 Å². The zero-order valence-corrected chi connectivity index (χ0v) is 52.3. The minimum atomic E-state index is -0.770. The summed E-state index contributed by atoms with van der Waals surface area (Å²) in [5.74, 6) is -0.838. The van der Waals surface area contributed by atoms with E-state index in [1.807, 2.05) is 0 Å². The molecule has 0 saturated carbocycles. The van der Waals surface area contributed by atoms with Gasteiger partial charge in [-0.1, -0.05) is 347 Å². The van der Waals surface area contributed by atoms with E-state index >= 15 is 0 Å². The fraction of sp³-hybridized carbons (Fsp3) is 0.901. The van der Waals surface area contributed by atoms with Crippen molar-refractivity contribution in [2.75, 3.05) is 13.2 Å². The van der Waals surface area contributed by atoms with Crippen molar-refractivity contribution in [3.8, 4) is 0 Å². The Kier molecular flexibility index (Phi) is 64.6. The Morgan fingerprint density at radius 1 is 0.260 bits per heavy atom. The van der Waals surface area contributed by atoms with Crippen LogP contribution in [0.2, 0.25) is 0 Å². The highest BCUT2D eigenvalue weighted by Gasteiger charge is 2.19. The van der Waals surface area contributed by atoms with Crippen molar-refractivity contribution in [3.05, 3.63) is 24.3 Å². The Morgan fingerprint density at radius 2 is 0.468 bits per heavy atom. The lowest BCUT2D eigenvalue weighted by molar-refractivity contribution is -0.167. The molecule has 0 fully saturated rings. The first-order chi connectivity index (χ1) is 38.0. The standard InChI is InChI=1S/C71H134O6/c1-4-7-10-13-16-19-22-25-28-30-32-34-35-36-38-39-41-43-46-49-52-55-58-61-64-70(73)76-67-68(66-75-69(72)63-60-57-54-51-48-45-27-24-21-18-15-12-9-6-3)77-71(74)65-62-59-56-53-50-47-44-42-40-37-33-31-29-26-23-20-17-14-11-8-5-2/h23,26,31,33,68H,4-22,24-25,27-30,32,34-67H2,1-3H3/b26-23-,33-31-. The highest BCUT2D eigenvalue weighted by Crippen LogP contribution is 2.19. The molecule has 0 aromatic carbocycles. The molecule has 1 atom stereocenters. The van der Waals surface area contributed by atoms with E-state index in [2.05, 4.69) is 45.1 Å². The highest BCUT2D eigenvalue weighted by molar-refractivity contribution is 5.71. The molecule has 6 nitrogen and oxygen atoms in total. The van der Waals surface area contributed by atoms with Crippen LogP contribution in [-0.2, 0) is 28.6 Å². The zero-order chi connectivity index (χ0) is 55.7. The molecular weight excluding hydrogens is 949 g/mol. The minimum Gasteiger partial charge on any atom is -0.462 e. The van der Waals surface area contributed by atoms with Gasteiger partial charge in [-0.25, -0.2) is 0 Å². The molecular formula is C71H134O6. The molecule has 77 heavy (non-hydrogen) atoms. The van der Waals surface area contributed by atoms with Crippen molar-refractivity contribution >= 4 is 17.9 Å². The van der Waals surface area contributed by atoms with Crippen molar-refractivity contribution in [2.24, 2.45) is 0 Å². The summed E-state index contributed by atoms with van der Waals surface area (Å²) in [7, 11) is 0. The maximum Gasteiger partial charge on any atom is 0.306 e. The molecule has 0 aliphatic rings. The first-order valence-electron chi connectivity index (χ1n) is 34.8. The molecule has 0 saturated heterocycles. The maximum absolute atomic E-state index is 12.9. The van der Waals surface area contributed by atoms with Gasteiger partial charge in [0.05, 0.1) is 0 Å². The molecule has 0 spiro atoms. The number of esters is 3. The summed E-state index contributed by atoms with van der Waals surface area (Å²) >= 11 is 0. The van der Waals surface area contributed by atoms with Gasteiger partial charge in [0.2, 0.25) is 0 Å². The third-order valence-corrected chi connectivity index (χ3v) is 16.0. The molecule has 6 heteroatoms. The number of ether oxygens (including phenoxy) is 3. The number of hydrogen-bond acceptors (Lipinski definition) is 6. The van der Waals surface area contributed by atoms with Crippen LogP contribution in [0.3, 0.4) is 0 Å². The SMILES string of the molecule is CCCCCCC/C=C\C/C=C\CCCCCCCCCCCC(=O)OC(COC(=O)CCCCCCCCCCCCCCCC)COC(=O)CCCCCCCCCCCCCCCCCCCCCCCCCC. The predicted octanol–water partition coefficient (Wildman–Crippen LogP) is 23.8. The highest BCUT2D eigenvalue weighted by atomic mass is 16.6. The lowest BCUT2D eigenvalue weighted by Gasteiger charge is -2.18. The van der Waals surface area contributed by atoms with Crippen LogP contribution in [0.25, 0.3) is 0 Å². The normalized spacial score (nSPS) is 12.1. The second-order valence-corrected chi connectivity index (χ2v) is 23.8. The van der Waals surface area contributed by atoms with Gasteiger partial charge >= 0.3 is 17.9 Å². The summed E-state index contributed by atoms with van der Waals surface area (Å²) in [5.41, 5.74) is 0. The second kappa shape index (κ2) is 66.4. The van der Waals surface area contributed by atoms with Crippen molar-refractivity contribution in [1.29, 1.82) is 0 Å². The van der Waals surface area contributed by atoms with Gasteiger partial charge in [0.15, 0.2) is 6.10 Å². The van der Waals surface area contributed by atoms with Crippen molar-refractivity contribution in [3.63, 3.8) is 0 Å². The first-order valence-corrected chi connectivity index (χ1v) is 34.8. The summed E-state index contributed by atoms with van der Waals surface area (Å²) in [5, 5.41) is 0. The van der Waals surface area contributed by atoms with Crippen LogP contribution in [0.5, 0.6) is 0 Å². The minimum absolute atomic E-state index is 0.0664. The van der Waals surface area contributed by atoms with E-state index in [1.54, 1.807) is 0 Å². The van der Waals surface area contributed by atoms with Crippen molar-refractivity contribution in [1.82, 2.24) is 0 Å². The topological polar surface area (TPSA) is 78.9 Å². The van der Waals surface area contributed by atoms with E-state index in [4.69, 9.17) is 14.2 Å². The zero-order valence-electron chi connectivity index (χ0n) is 52.3. The molecule has 0 bridgehead atoms. The van der Waals surface area contributed by atoms with E-state index in [0.717, 1.165) is 64.2 Å². The van der Waals surface area contributed by atoms with Gasteiger partial charge in [-0.15, -0.1) is 0 Å². The molecule has 0 N–H and O–H groups in total.